The van der Waals surface area contributed by atoms with Gasteiger partial charge in [-0.25, -0.2) is 4.79 Å². The molecule has 1 saturated heterocycles. The number of piperidine rings is 1. The number of likely N-dealkylation sites (tertiary alicyclic amines) is 1. The molecule has 4 nitrogen and oxygen atoms in total. The van der Waals surface area contributed by atoms with Crippen LogP contribution in [-0.2, 0) is 14.3 Å². The summed E-state index contributed by atoms with van der Waals surface area (Å²) in [7, 11) is 1.39. The third kappa shape index (κ3) is 2.61. The van der Waals surface area contributed by atoms with Gasteiger partial charge in [-0.05, 0) is 38.0 Å². The zero-order chi connectivity index (χ0) is 12.4. The molecule has 2 unspecified atom stereocenters. The van der Waals surface area contributed by atoms with Crippen LogP contribution in [0.3, 0.4) is 0 Å². The first-order valence-corrected chi connectivity index (χ1v) is 6.53. The fraction of sp³-hybridized carbons (Fsp3) is 0.846. The lowest BCUT2D eigenvalue weighted by molar-refractivity contribution is -0.156. The van der Waals surface area contributed by atoms with Crippen molar-refractivity contribution in [1.82, 2.24) is 4.90 Å². The van der Waals surface area contributed by atoms with Crippen LogP contribution in [0.5, 0.6) is 0 Å². The van der Waals surface area contributed by atoms with E-state index in [1.165, 1.54) is 7.11 Å². The summed E-state index contributed by atoms with van der Waals surface area (Å²) >= 11 is 0. The van der Waals surface area contributed by atoms with Gasteiger partial charge in [0.25, 0.3) is 0 Å². The van der Waals surface area contributed by atoms with Crippen molar-refractivity contribution in [2.45, 2.75) is 45.1 Å². The standard InChI is InChI=1S/C13H21NO3/c1-9(10-6-7-10)12(15)14-8-4-3-5-11(14)13(16)17-2/h9-11H,3-8H2,1-2H3. The van der Waals surface area contributed by atoms with Gasteiger partial charge >= 0.3 is 5.97 Å². The Balaban J connectivity index is 2.04. The third-order valence-corrected chi connectivity index (χ3v) is 3.98. The van der Waals surface area contributed by atoms with Crippen LogP contribution in [-0.4, -0.2) is 36.5 Å². The quantitative estimate of drug-likeness (QED) is 0.703. The highest BCUT2D eigenvalue weighted by Gasteiger charge is 2.39. The molecule has 1 saturated carbocycles. The zero-order valence-electron chi connectivity index (χ0n) is 10.6. The zero-order valence-corrected chi connectivity index (χ0v) is 10.6. The molecule has 0 radical (unpaired) electrons. The van der Waals surface area contributed by atoms with Crippen molar-refractivity contribution in [3.63, 3.8) is 0 Å². The van der Waals surface area contributed by atoms with E-state index in [0.29, 0.717) is 12.5 Å². The molecule has 0 aromatic heterocycles. The van der Waals surface area contributed by atoms with Gasteiger partial charge in [-0.1, -0.05) is 6.92 Å². The first-order chi connectivity index (χ1) is 8.15. The van der Waals surface area contributed by atoms with Crippen LogP contribution in [0.2, 0.25) is 0 Å². The van der Waals surface area contributed by atoms with Crippen molar-refractivity contribution in [2.24, 2.45) is 11.8 Å². The van der Waals surface area contributed by atoms with E-state index in [4.69, 9.17) is 4.74 Å². The predicted octanol–water partition coefficient (Wildman–Crippen LogP) is 1.59. The van der Waals surface area contributed by atoms with Gasteiger partial charge in [-0.3, -0.25) is 4.79 Å². The average Bonchev–Trinajstić information content (AvgIpc) is 3.20. The molecule has 1 aliphatic carbocycles. The molecule has 4 heteroatoms. The topological polar surface area (TPSA) is 46.6 Å². The Labute approximate surface area is 102 Å². The molecule has 1 heterocycles. The van der Waals surface area contributed by atoms with Crippen LogP contribution < -0.4 is 0 Å². The second-order valence-electron chi connectivity index (χ2n) is 5.19. The molecule has 1 aliphatic heterocycles. The number of amides is 1. The van der Waals surface area contributed by atoms with Gasteiger partial charge in [0.05, 0.1) is 7.11 Å². The van der Waals surface area contributed by atoms with E-state index in [-0.39, 0.29) is 23.8 Å². The van der Waals surface area contributed by atoms with Crippen molar-refractivity contribution >= 4 is 11.9 Å². The maximum atomic E-state index is 12.3. The fourth-order valence-corrected chi connectivity index (χ4v) is 2.64. The highest BCUT2D eigenvalue weighted by molar-refractivity contribution is 5.86. The van der Waals surface area contributed by atoms with Crippen molar-refractivity contribution in [2.75, 3.05) is 13.7 Å². The monoisotopic (exact) mass is 239 g/mol. The summed E-state index contributed by atoms with van der Waals surface area (Å²) in [6, 6.07) is -0.345. The molecule has 0 aromatic rings. The minimum atomic E-state index is -0.345. The molecule has 2 fully saturated rings. The van der Waals surface area contributed by atoms with Crippen LogP contribution in [0.15, 0.2) is 0 Å². The van der Waals surface area contributed by atoms with Gasteiger partial charge < -0.3 is 9.64 Å². The maximum absolute atomic E-state index is 12.3. The van der Waals surface area contributed by atoms with Crippen molar-refractivity contribution < 1.29 is 14.3 Å². The molecule has 2 aliphatic rings. The maximum Gasteiger partial charge on any atom is 0.328 e. The number of esters is 1. The summed E-state index contributed by atoms with van der Waals surface area (Å²) in [5, 5.41) is 0. The number of nitrogens with zero attached hydrogens (tertiary/aromatic N) is 1. The van der Waals surface area contributed by atoms with Gasteiger partial charge in [-0.15, -0.1) is 0 Å². The lowest BCUT2D eigenvalue weighted by Gasteiger charge is -2.35. The third-order valence-electron chi connectivity index (χ3n) is 3.98. The molecule has 2 rings (SSSR count). The largest absolute Gasteiger partial charge is 0.467 e. The number of carbonyl (C=O) groups excluding carboxylic acids is 2. The second-order valence-corrected chi connectivity index (χ2v) is 5.19. The summed E-state index contributed by atoms with van der Waals surface area (Å²) in [5.74, 6) is 0.492. The number of hydrogen-bond donors (Lipinski definition) is 0. The highest BCUT2D eigenvalue weighted by atomic mass is 16.5. The van der Waals surface area contributed by atoms with Crippen LogP contribution in [0.25, 0.3) is 0 Å². The molecule has 0 N–H and O–H groups in total. The number of hydrogen-bond acceptors (Lipinski definition) is 3. The SMILES string of the molecule is COC(=O)C1CCCCN1C(=O)C(C)C1CC1. The predicted molar refractivity (Wildman–Crippen MR) is 63.3 cm³/mol. The Kier molecular flexibility index (Phi) is 3.69. The van der Waals surface area contributed by atoms with Gasteiger partial charge in [-0.2, -0.15) is 0 Å². The first-order valence-electron chi connectivity index (χ1n) is 6.53. The summed E-state index contributed by atoms with van der Waals surface area (Å²) in [5.41, 5.74) is 0. The van der Waals surface area contributed by atoms with E-state index in [9.17, 15) is 9.59 Å². The Morgan fingerprint density at radius 2 is 1.94 bits per heavy atom. The van der Waals surface area contributed by atoms with Crippen LogP contribution in [0, 0.1) is 11.8 Å². The van der Waals surface area contributed by atoms with E-state index >= 15 is 0 Å². The molecular formula is C13H21NO3. The van der Waals surface area contributed by atoms with Crippen LogP contribution >= 0.6 is 0 Å². The Bertz CT molecular complexity index is 312. The number of rotatable bonds is 3. The summed E-state index contributed by atoms with van der Waals surface area (Å²) < 4.78 is 4.79. The molecule has 0 spiro atoms. The van der Waals surface area contributed by atoms with Crippen LogP contribution in [0.4, 0.5) is 0 Å². The van der Waals surface area contributed by atoms with Crippen molar-refractivity contribution in [3.05, 3.63) is 0 Å². The lowest BCUT2D eigenvalue weighted by atomic mass is 9.97. The van der Waals surface area contributed by atoms with Gasteiger partial charge in [0.2, 0.25) is 5.91 Å². The molecule has 1 amide bonds. The van der Waals surface area contributed by atoms with Gasteiger partial charge in [0, 0.05) is 12.5 Å². The van der Waals surface area contributed by atoms with E-state index in [0.717, 1.165) is 32.1 Å². The summed E-state index contributed by atoms with van der Waals surface area (Å²) in [6.45, 7) is 2.69. The molecule has 2 atom stereocenters. The molecule has 0 bridgehead atoms. The molecule has 17 heavy (non-hydrogen) atoms. The average molecular weight is 239 g/mol. The van der Waals surface area contributed by atoms with Crippen LogP contribution in [0.1, 0.15) is 39.0 Å². The number of ether oxygens (including phenoxy) is 1. The van der Waals surface area contributed by atoms with E-state index in [1.54, 1.807) is 4.90 Å². The second kappa shape index (κ2) is 5.07. The smallest absolute Gasteiger partial charge is 0.328 e. The number of methoxy groups -OCH3 is 1. The van der Waals surface area contributed by atoms with Gasteiger partial charge in [0.15, 0.2) is 0 Å². The Hall–Kier alpha value is -1.06. The highest BCUT2D eigenvalue weighted by Crippen LogP contribution is 2.38. The summed E-state index contributed by atoms with van der Waals surface area (Å²) in [4.78, 5) is 25.8. The van der Waals surface area contributed by atoms with E-state index in [2.05, 4.69) is 0 Å². The normalized spacial score (nSPS) is 26.5. The minimum absolute atomic E-state index is 0.0697. The number of carbonyl (C=O) groups is 2. The van der Waals surface area contributed by atoms with Crippen molar-refractivity contribution in [3.8, 4) is 0 Å². The lowest BCUT2D eigenvalue weighted by Crippen LogP contribution is -2.50. The van der Waals surface area contributed by atoms with E-state index < -0.39 is 0 Å². The van der Waals surface area contributed by atoms with Crippen molar-refractivity contribution in [1.29, 1.82) is 0 Å². The Morgan fingerprint density at radius 3 is 2.53 bits per heavy atom. The first kappa shape index (κ1) is 12.4. The minimum Gasteiger partial charge on any atom is -0.467 e. The molecule has 0 aromatic carbocycles. The van der Waals surface area contributed by atoms with Gasteiger partial charge in [0.1, 0.15) is 6.04 Å². The molecular weight excluding hydrogens is 218 g/mol. The summed E-state index contributed by atoms with van der Waals surface area (Å²) in [6.07, 6.45) is 5.06. The molecule has 96 valence electrons. The van der Waals surface area contributed by atoms with E-state index in [1.807, 2.05) is 6.92 Å². The fourth-order valence-electron chi connectivity index (χ4n) is 2.64. The Morgan fingerprint density at radius 1 is 1.24 bits per heavy atom.